The van der Waals surface area contributed by atoms with Crippen molar-refractivity contribution in [3.05, 3.63) is 71.5 Å². The number of nitrogens with zero attached hydrogens (tertiary/aromatic N) is 1. The molecule has 0 aliphatic carbocycles. The lowest BCUT2D eigenvalue weighted by molar-refractivity contribution is -0.142. The summed E-state index contributed by atoms with van der Waals surface area (Å²) in [4.78, 5) is 25.5. The standard InChI is InChI=1S/C21H23FN2O6S/c1-29-20(25)19(11-15-7-9-17(22)10-8-15)23-31(27,28)18-12-24(13-18)21(26)30-14-16-5-3-2-4-6-16/h2-10,18-19,23H,11-14H2,1H3/t19-/m0/s1. The van der Waals surface area contributed by atoms with Crippen molar-refractivity contribution in [3.63, 3.8) is 0 Å². The molecule has 1 atom stereocenters. The highest BCUT2D eigenvalue weighted by Gasteiger charge is 2.42. The van der Waals surface area contributed by atoms with Crippen molar-refractivity contribution in [3.8, 4) is 0 Å². The summed E-state index contributed by atoms with van der Waals surface area (Å²) in [6.45, 7) is -0.00524. The third-order valence-electron chi connectivity index (χ3n) is 4.90. The summed E-state index contributed by atoms with van der Waals surface area (Å²) in [5, 5.41) is -0.878. The Labute approximate surface area is 180 Å². The molecule has 31 heavy (non-hydrogen) atoms. The van der Waals surface area contributed by atoms with Crippen LogP contribution in [-0.2, 0) is 37.3 Å². The van der Waals surface area contributed by atoms with Gasteiger partial charge in [0.05, 0.1) is 7.11 Å². The van der Waals surface area contributed by atoms with E-state index in [1.165, 1.54) is 29.2 Å². The highest BCUT2D eigenvalue weighted by atomic mass is 32.2. The smallest absolute Gasteiger partial charge is 0.410 e. The van der Waals surface area contributed by atoms with E-state index in [0.717, 1.165) is 12.7 Å². The third-order valence-corrected chi connectivity index (χ3v) is 6.68. The summed E-state index contributed by atoms with van der Waals surface area (Å²) in [6, 6.07) is 13.3. The van der Waals surface area contributed by atoms with Gasteiger partial charge >= 0.3 is 12.1 Å². The molecular formula is C21H23FN2O6S. The second-order valence-electron chi connectivity index (χ2n) is 7.14. The lowest BCUT2D eigenvalue weighted by Gasteiger charge is -2.38. The molecule has 8 nitrogen and oxygen atoms in total. The number of sulfonamides is 1. The number of rotatable bonds is 8. The van der Waals surface area contributed by atoms with Crippen LogP contribution in [0.4, 0.5) is 9.18 Å². The molecule has 0 unspecified atom stereocenters. The average molecular weight is 450 g/mol. The fourth-order valence-electron chi connectivity index (χ4n) is 3.06. The lowest BCUT2D eigenvalue weighted by Crippen LogP contribution is -2.61. The first-order valence-corrected chi connectivity index (χ1v) is 11.1. The monoisotopic (exact) mass is 450 g/mol. The maximum atomic E-state index is 13.1. The second kappa shape index (κ2) is 9.88. The van der Waals surface area contributed by atoms with Crippen LogP contribution in [0.25, 0.3) is 0 Å². The molecular weight excluding hydrogens is 427 g/mol. The minimum atomic E-state index is -3.91. The fraction of sp³-hybridized carbons (Fsp3) is 0.333. The summed E-state index contributed by atoms with van der Waals surface area (Å²) in [7, 11) is -2.76. The van der Waals surface area contributed by atoms with Crippen molar-refractivity contribution < 1.29 is 31.9 Å². The molecule has 1 N–H and O–H groups in total. The van der Waals surface area contributed by atoms with Crippen molar-refractivity contribution in [1.29, 1.82) is 0 Å². The van der Waals surface area contributed by atoms with Crippen LogP contribution in [0.15, 0.2) is 54.6 Å². The number of halogens is 1. The molecule has 166 valence electrons. The Morgan fingerprint density at radius 2 is 1.74 bits per heavy atom. The van der Waals surface area contributed by atoms with Gasteiger partial charge in [-0.15, -0.1) is 0 Å². The third kappa shape index (κ3) is 6.02. The van der Waals surface area contributed by atoms with Gasteiger partial charge in [0.1, 0.15) is 23.7 Å². The molecule has 1 fully saturated rings. The number of amides is 1. The topological polar surface area (TPSA) is 102 Å². The average Bonchev–Trinajstić information content (AvgIpc) is 2.72. The molecule has 0 radical (unpaired) electrons. The Hall–Kier alpha value is -2.98. The Balaban J connectivity index is 1.54. The van der Waals surface area contributed by atoms with E-state index in [2.05, 4.69) is 4.72 Å². The number of hydrogen-bond acceptors (Lipinski definition) is 6. The van der Waals surface area contributed by atoms with E-state index in [-0.39, 0.29) is 26.1 Å². The molecule has 1 heterocycles. The predicted molar refractivity (Wildman–Crippen MR) is 110 cm³/mol. The first-order chi connectivity index (χ1) is 14.8. The summed E-state index contributed by atoms with van der Waals surface area (Å²) in [5.74, 6) is -1.20. The van der Waals surface area contributed by atoms with Crippen LogP contribution in [0, 0.1) is 5.82 Å². The molecule has 2 aromatic rings. The predicted octanol–water partition coefficient (Wildman–Crippen LogP) is 1.85. The number of hydrogen-bond donors (Lipinski definition) is 1. The van der Waals surface area contributed by atoms with E-state index in [0.29, 0.717) is 5.56 Å². The summed E-state index contributed by atoms with van der Waals surface area (Å²) < 4.78 is 50.7. The quantitative estimate of drug-likeness (QED) is 0.616. The van der Waals surface area contributed by atoms with Gasteiger partial charge in [-0.05, 0) is 29.7 Å². The number of carbonyl (C=O) groups is 2. The first-order valence-electron chi connectivity index (χ1n) is 9.57. The molecule has 10 heteroatoms. The van der Waals surface area contributed by atoms with E-state index in [1.54, 1.807) is 0 Å². The maximum Gasteiger partial charge on any atom is 0.410 e. The van der Waals surface area contributed by atoms with Gasteiger partial charge in [-0.25, -0.2) is 22.3 Å². The number of likely N-dealkylation sites (tertiary alicyclic amines) is 1. The van der Waals surface area contributed by atoms with Crippen molar-refractivity contribution in [2.75, 3.05) is 20.2 Å². The number of methoxy groups -OCH3 is 1. The van der Waals surface area contributed by atoms with Gasteiger partial charge in [-0.3, -0.25) is 4.79 Å². The van der Waals surface area contributed by atoms with E-state index in [4.69, 9.17) is 9.47 Å². The first kappa shape index (κ1) is 22.7. The normalized spacial score (nSPS) is 15.1. The molecule has 0 spiro atoms. The van der Waals surface area contributed by atoms with E-state index in [9.17, 15) is 22.4 Å². The van der Waals surface area contributed by atoms with Crippen LogP contribution in [0.1, 0.15) is 11.1 Å². The molecule has 2 aromatic carbocycles. The Bertz CT molecular complexity index is 1010. The van der Waals surface area contributed by atoms with Gasteiger partial charge in [0.25, 0.3) is 0 Å². The Morgan fingerprint density at radius 1 is 1.10 bits per heavy atom. The number of benzene rings is 2. The van der Waals surface area contributed by atoms with Crippen molar-refractivity contribution in [2.24, 2.45) is 0 Å². The molecule has 1 saturated heterocycles. The van der Waals surface area contributed by atoms with Crippen LogP contribution in [0.2, 0.25) is 0 Å². The van der Waals surface area contributed by atoms with Gasteiger partial charge in [-0.2, -0.15) is 0 Å². The molecule has 1 aliphatic heterocycles. The van der Waals surface area contributed by atoms with Crippen LogP contribution in [0.3, 0.4) is 0 Å². The van der Waals surface area contributed by atoms with E-state index < -0.39 is 39.2 Å². The van der Waals surface area contributed by atoms with Crippen LogP contribution in [0.5, 0.6) is 0 Å². The number of carbonyl (C=O) groups excluding carboxylic acids is 2. The van der Waals surface area contributed by atoms with Gasteiger partial charge in [0, 0.05) is 13.1 Å². The van der Waals surface area contributed by atoms with Crippen LogP contribution >= 0.6 is 0 Å². The Kier molecular flexibility index (Phi) is 7.24. The number of esters is 1. The van der Waals surface area contributed by atoms with Crippen LogP contribution in [-0.4, -0.2) is 56.9 Å². The van der Waals surface area contributed by atoms with Gasteiger partial charge in [-0.1, -0.05) is 42.5 Å². The number of ether oxygens (including phenoxy) is 2. The highest BCUT2D eigenvalue weighted by Crippen LogP contribution is 2.19. The molecule has 0 bridgehead atoms. The zero-order valence-corrected chi connectivity index (χ0v) is 17.7. The van der Waals surface area contributed by atoms with Crippen LogP contribution < -0.4 is 4.72 Å². The van der Waals surface area contributed by atoms with Crippen molar-refractivity contribution >= 4 is 22.1 Å². The van der Waals surface area contributed by atoms with E-state index in [1.807, 2.05) is 30.3 Å². The zero-order valence-electron chi connectivity index (χ0n) is 16.9. The zero-order chi connectivity index (χ0) is 22.4. The summed E-state index contributed by atoms with van der Waals surface area (Å²) in [6.07, 6.45) is -0.604. The minimum absolute atomic E-state index is 0.00172. The maximum absolute atomic E-state index is 13.1. The molecule has 1 aliphatic rings. The van der Waals surface area contributed by atoms with Crippen molar-refractivity contribution in [2.45, 2.75) is 24.3 Å². The number of nitrogens with one attached hydrogen (secondary N) is 1. The second-order valence-corrected chi connectivity index (χ2v) is 9.13. The SMILES string of the molecule is COC(=O)[C@H](Cc1ccc(F)cc1)NS(=O)(=O)C1CN(C(=O)OCc2ccccc2)C1. The highest BCUT2D eigenvalue weighted by molar-refractivity contribution is 7.90. The molecule has 0 saturated carbocycles. The molecule has 3 rings (SSSR count). The Morgan fingerprint density at radius 3 is 2.35 bits per heavy atom. The van der Waals surface area contributed by atoms with Crippen molar-refractivity contribution in [1.82, 2.24) is 9.62 Å². The van der Waals surface area contributed by atoms with Gasteiger partial charge in [0.2, 0.25) is 10.0 Å². The summed E-state index contributed by atoms with van der Waals surface area (Å²) >= 11 is 0. The minimum Gasteiger partial charge on any atom is -0.468 e. The molecule has 0 aromatic heterocycles. The molecule has 1 amide bonds. The van der Waals surface area contributed by atoms with E-state index >= 15 is 0 Å². The largest absolute Gasteiger partial charge is 0.468 e. The van der Waals surface area contributed by atoms with Gasteiger partial charge in [0.15, 0.2) is 0 Å². The summed E-state index contributed by atoms with van der Waals surface area (Å²) in [5.41, 5.74) is 1.39. The lowest BCUT2D eigenvalue weighted by atomic mass is 10.1. The fourth-order valence-corrected chi connectivity index (χ4v) is 4.58. The van der Waals surface area contributed by atoms with Gasteiger partial charge < -0.3 is 14.4 Å².